The summed E-state index contributed by atoms with van der Waals surface area (Å²) in [6, 6.07) is 5.39. The second kappa shape index (κ2) is 5.46. The zero-order chi connectivity index (χ0) is 13.9. The number of fused-ring (bicyclic) bond motifs is 1. The third-order valence-electron chi connectivity index (χ3n) is 3.37. The molecule has 2 aromatic heterocycles. The van der Waals surface area contributed by atoms with Crippen LogP contribution in [0.2, 0.25) is 0 Å². The van der Waals surface area contributed by atoms with Crippen LogP contribution in [0.5, 0.6) is 0 Å². The maximum absolute atomic E-state index is 12.1. The van der Waals surface area contributed by atoms with Gasteiger partial charge in [-0.05, 0) is 32.0 Å². The maximum atomic E-state index is 12.1. The summed E-state index contributed by atoms with van der Waals surface area (Å²) in [5.74, 6) is 0.118. The highest BCUT2D eigenvalue weighted by Crippen LogP contribution is 2.17. The van der Waals surface area contributed by atoms with Crippen LogP contribution in [0.4, 0.5) is 0 Å². The van der Waals surface area contributed by atoms with Gasteiger partial charge in [0.25, 0.3) is 5.91 Å². The van der Waals surface area contributed by atoms with Crippen LogP contribution in [-0.2, 0) is 0 Å². The number of hydrogen-bond acceptors (Lipinski definition) is 4. The summed E-state index contributed by atoms with van der Waals surface area (Å²) in [6.45, 7) is 4.33. The molecule has 0 saturated heterocycles. The number of carbonyl (C=O) groups excluding carboxylic acids is 1. The van der Waals surface area contributed by atoms with Crippen molar-refractivity contribution >= 4 is 17.0 Å². The molecule has 2 N–H and O–H groups in total. The largest absolute Gasteiger partial charge is 0.449 e. The Hall–Kier alpha value is -2.14. The van der Waals surface area contributed by atoms with Crippen LogP contribution in [-0.4, -0.2) is 30.5 Å². The molecule has 0 unspecified atom stereocenters. The van der Waals surface area contributed by atoms with Crippen LogP contribution in [0.3, 0.4) is 0 Å². The van der Waals surface area contributed by atoms with E-state index in [-0.39, 0.29) is 5.91 Å². The van der Waals surface area contributed by atoms with E-state index in [1.807, 2.05) is 19.1 Å². The van der Waals surface area contributed by atoms with Gasteiger partial charge in [0.15, 0.2) is 11.3 Å². The molecule has 0 bridgehead atoms. The van der Waals surface area contributed by atoms with Crippen LogP contribution in [0.25, 0.3) is 11.1 Å². The maximum Gasteiger partial charge on any atom is 0.287 e. The Morgan fingerprint density at radius 1 is 1.50 bits per heavy atom. The molecular formula is C15H17N3O2. The lowest BCUT2D eigenvalue weighted by Gasteiger charge is -2.13. The number of carbonyl (C=O) groups is 1. The molecule has 0 spiro atoms. The molecule has 20 heavy (non-hydrogen) atoms. The molecule has 0 radical (unpaired) electrons. The first-order chi connectivity index (χ1) is 9.72. The number of amides is 1. The van der Waals surface area contributed by atoms with Crippen LogP contribution < -0.4 is 10.6 Å². The standard InChI is InChI=1S/C15H17N3O2/c1-10-2-3-13-12(18-10)8-14(20-13)15(19)17-9-11-4-6-16-7-5-11/h2-4,8,16H,5-7,9H2,1H3,(H,17,19). The minimum absolute atomic E-state index is 0.194. The first-order valence-electron chi connectivity index (χ1n) is 6.76. The van der Waals surface area contributed by atoms with E-state index in [2.05, 4.69) is 21.7 Å². The van der Waals surface area contributed by atoms with Crippen molar-refractivity contribution in [2.24, 2.45) is 0 Å². The highest BCUT2D eigenvalue weighted by Gasteiger charge is 2.13. The predicted octanol–water partition coefficient (Wildman–Crippen LogP) is 1.79. The van der Waals surface area contributed by atoms with E-state index in [0.29, 0.717) is 17.9 Å². The number of nitrogens with one attached hydrogen (secondary N) is 2. The Morgan fingerprint density at radius 2 is 2.40 bits per heavy atom. The van der Waals surface area contributed by atoms with E-state index in [9.17, 15) is 4.79 Å². The monoisotopic (exact) mass is 271 g/mol. The van der Waals surface area contributed by atoms with Crippen LogP contribution in [0.15, 0.2) is 34.3 Å². The highest BCUT2D eigenvalue weighted by atomic mass is 16.3. The zero-order valence-electron chi connectivity index (χ0n) is 11.4. The van der Waals surface area contributed by atoms with Gasteiger partial charge in [0.1, 0.15) is 5.52 Å². The summed E-state index contributed by atoms with van der Waals surface area (Å²) in [5, 5.41) is 6.13. The van der Waals surface area contributed by atoms with Crippen molar-refractivity contribution in [1.29, 1.82) is 0 Å². The number of hydrogen-bond donors (Lipinski definition) is 2. The molecule has 0 saturated carbocycles. The van der Waals surface area contributed by atoms with Gasteiger partial charge in [-0.3, -0.25) is 4.79 Å². The normalized spacial score (nSPS) is 15.2. The smallest absolute Gasteiger partial charge is 0.287 e. The average Bonchev–Trinajstić information content (AvgIpc) is 2.89. The Labute approximate surface area is 117 Å². The number of aromatic nitrogens is 1. The Morgan fingerprint density at radius 3 is 3.20 bits per heavy atom. The fourth-order valence-electron chi connectivity index (χ4n) is 2.25. The summed E-state index contributed by atoms with van der Waals surface area (Å²) >= 11 is 0. The Bertz CT molecular complexity index is 673. The lowest BCUT2D eigenvalue weighted by molar-refractivity contribution is 0.0931. The molecule has 5 heteroatoms. The molecule has 104 valence electrons. The summed E-state index contributed by atoms with van der Waals surface area (Å²) in [4.78, 5) is 16.4. The minimum atomic E-state index is -0.194. The number of nitrogens with zero attached hydrogens (tertiary/aromatic N) is 1. The fraction of sp³-hybridized carbons (Fsp3) is 0.333. The number of pyridine rings is 1. The molecule has 0 fully saturated rings. The SMILES string of the molecule is Cc1ccc2oc(C(=O)NCC3=CCNCC3)cc2n1. The molecule has 2 aromatic rings. The first kappa shape index (κ1) is 12.9. The van der Waals surface area contributed by atoms with E-state index >= 15 is 0 Å². The van der Waals surface area contributed by atoms with E-state index < -0.39 is 0 Å². The van der Waals surface area contributed by atoms with Crippen molar-refractivity contribution in [2.45, 2.75) is 13.3 Å². The van der Waals surface area contributed by atoms with E-state index in [0.717, 1.165) is 30.7 Å². The number of rotatable bonds is 3. The zero-order valence-corrected chi connectivity index (χ0v) is 11.4. The van der Waals surface area contributed by atoms with E-state index in [1.54, 1.807) is 6.07 Å². The molecule has 5 nitrogen and oxygen atoms in total. The number of furan rings is 1. The van der Waals surface area contributed by atoms with Crippen molar-refractivity contribution in [3.8, 4) is 0 Å². The lowest BCUT2D eigenvalue weighted by atomic mass is 10.1. The Balaban J connectivity index is 1.70. The second-order valence-electron chi connectivity index (χ2n) is 4.95. The highest BCUT2D eigenvalue weighted by molar-refractivity contribution is 5.95. The Kier molecular flexibility index (Phi) is 3.52. The van der Waals surface area contributed by atoms with Crippen molar-refractivity contribution in [1.82, 2.24) is 15.6 Å². The minimum Gasteiger partial charge on any atom is -0.449 e. The fourth-order valence-corrected chi connectivity index (χ4v) is 2.25. The third kappa shape index (κ3) is 2.72. The van der Waals surface area contributed by atoms with Gasteiger partial charge in [-0.15, -0.1) is 0 Å². The summed E-state index contributed by atoms with van der Waals surface area (Å²) in [7, 11) is 0. The molecule has 1 aliphatic rings. The van der Waals surface area contributed by atoms with Crippen molar-refractivity contribution in [3.63, 3.8) is 0 Å². The van der Waals surface area contributed by atoms with Gasteiger partial charge >= 0.3 is 0 Å². The first-order valence-corrected chi connectivity index (χ1v) is 6.76. The van der Waals surface area contributed by atoms with Crippen molar-refractivity contribution < 1.29 is 9.21 Å². The van der Waals surface area contributed by atoms with Gasteiger partial charge in [-0.2, -0.15) is 0 Å². The van der Waals surface area contributed by atoms with Crippen LogP contribution >= 0.6 is 0 Å². The summed E-state index contributed by atoms with van der Waals surface area (Å²) in [5.41, 5.74) is 3.52. The van der Waals surface area contributed by atoms with E-state index in [4.69, 9.17) is 4.42 Å². The molecular weight excluding hydrogens is 254 g/mol. The van der Waals surface area contributed by atoms with Gasteiger partial charge in [-0.1, -0.05) is 11.6 Å². The third-order valence-corrected chi connectivity index (χ3v) is 3.37. The van der Waals surface area contributed by atoms with E-state index in [1.165, 1.54) is 5.57 Å². The van der Waals surface area contributed by atoms with Crippen molar-refractivity contribution in [2.75, 3.05) is 19.6 Å². The lowest BCUT2D eigenvalue weighted by Crippen LogP contribution is -2.29. The summed E-state index contributed by atoms with van der Waals surface area (Å²) in [6.07, 6.45) is 3.09. The summed E-state index contributed by atoms with van der Waals surface area (Å²) < 4.78 is 5.52. The van der Waals surface area contributed by atoms with Gasteiger partial charge < -0.3 is 15.1 Å². The van der Waals surface area contributed by atoms with Gasteiger partial charge in [0, 0.05) is 24.8 Å². The molecule has 1 aliphatic heterocycles. The van der Waals surface area contributed by atoms with Crippen molar-refractivity contribution in [3.05, 3.63) is 41.3 Å². The quantitative estimate of drug-likeness (QED) is 0.835. The average molecular weight is 271 g/mol. The molecule has 1 amide bonds. The van der Waals surface area contributed by atoms with Crippen LogP contribution in [0, 0.1) is 6.92 Å². The van der Waals surface area contributed by atoms with Gasteiger partial charge in [-0.25, -0.2) is 4.98 Å². The van der Waals surface area contributed by atoms with Gasteiger partial charge in [0.05, 0.1) is 0 Å². The molecule has 0 aromatic carbocycles. The topological polar surface area (TPSA) is 67.2 Å². The van der Waals surface area contributed by atoms with Gasteiger partial charge in [0.2, 0.25) is 0 Å². The molecule has 3 heterocycles. The second-order valence-corrected chi connectivity index (χ2v) is 4.95. The molecule has 0 aliphatic carbocycles. The predicted molar refractivity (Wildman–Crippen MR) is 76.6 cm³/mol. The molecule has 3 rings (SSSR count). The number of aryl methyl sites for hydroxylation is 1. The van der Waals surface area contributed by atoms with Crippen LogP contribution in [0.1, 0.15) is 22.7 Å². The molecule has 0 atom stereocenters.